The third-order valence-electron chi connectivity index (χ3n) is 3.12. The van der Waals surface area contributed by atoms with Gasteiger partial charge in [-0.05, 0) is 30.3 Å². The van der Waals surface area contributed by atoms with Crippen molar-refractivity contribution in [3.63, 3.8) is 0 Å². The smallest absolute Gasteiger partial charge is 0.331 e. The molecule has 0 aromatic heterocycles. The van der Waals surface area contributed by atoms with Crippen molar-refractivity contribution in [1.29, 1.82) is 0 Å². The second kappa shape index (κ2) is 8.01. The number of hydrogen-bond acceptors (Lipinski definition) is 4. The van der Waals surface area contributed by atoms with Crippen LogP contribution in [0, 0.1) is 11.6 Å². The normalized spacial score (nSPS) is 10.6. The molecule has 124 valence electrons. The van der Waals surface area contributed by atoms with Crippen molar-refractivity contribution in [1.82, 2.24) is 0 Å². The lowest BCUT2D eigenvalue weighted by atomic mass is 10.1. The molecule has 0 aliphatic rings. The number of carbonyl (C=O) groups is 2. The van der Waals surface area contributed by atoms with E-state index in [1.807, 2.05) is 0 Å². The van der Waals surface area contributed by atoms with Gasteiger partial charge in [-0.1, -0.05) is 18.2 Å². The van der Waals surface area contributed by atoms with Crippen molar-refractivity contribution in [3.8, 4) is 5.75 Å². The first-order chi connectivity index (χ1) is 11.5. The molecule has 2 rings (SSSR count). The summed E-state index contributed by atoms with van der Waals surface area (Å²) < 4.78 is 35.8. The lowest BCUT2D eigenvalue weighted by molar-refractivity contribution is -0.136. The van der Waals surface area contributed by atoms with Gasteiger partial charge in [0.25, 0.3) is 0 Å². The van der Waals surface area contributed by atoms with Gasteiger partial charge in [-0.15, -0.1) is 0 Å². The molecule has 0 saturated heterocycles. The minimum atomic E-state index is -1.14. The van der Waals surface area contributed by atoms with E-state index in [0.29, 0.717) is 11.3 Å². The Morgan fingerprint density at radius 2 is 1.83 bits per heavy atom. The van der Waals surface area contributed by atoms with Gasteiger partial charge in [0.15, 0.2) is 24.0 Å². The number of hydrogen-bond donors (Lipinski definition) is 0. The number of Topliss-reactive ketones (excluding diaryl/α,β-unsaturated/α-hetero) is 1. The third-order valence-corrected chi connectivity index (χ3v) is 3.12. The fourth-order valence-electron chi connectivity index (χ4n) is 1.90. The topological polar surface area (TPSA) is 52.6 Å². The summed E-state index contributed by atoms with van der Waals surface area (Å²) in [5.41, 5.74) is 0.597. The number of esters is 1. The maximum atomic E-state index is 13.1. The van der Waals surface area contributed by atoms with E-state index in [1.54, 1.807) is 24.3 Å². The second-order valence-corrected chi connectivity index (χ2v) is 4.74. The van der Waals surface area contributed by atoms with Crippen LogP contribution < -0.4 is 4.74 Å². The van der Waals surface area contributed by atoms with Crippen LogP contribution in [0.25, 0.3) is 6.08 Å². The van der Waals surface area contributed by atoms with Gasteiger partial charge in [0.05, 0.1) is 7.11 Å². The molecular formula is C18H14F2O4. The largest absolute Gasteiger partial charge is 0.496 e. The number of ketones is 1. The first-order valence-corrected chi connectivity index (χ1v) is 6.97. The van der Waals surface area contributed by atoms with Crippen LogP contribution in [0.3, 0.4) is 0 Å². The summed E-state index contributed by atoms with van der Waals surface area (Å²) in [6, 6.07) is 9.77. The first kappa shape index (κ1) is 17.3. The Morgan fingerprint density at radius 1 is 1.08 bits per heavy atom. The van der Waals surface area contributed by atoms with Gasteiger partial charge in [0.1, 0.15) is 5.75 Å². The van der Waals surface area contributed by atoms with E-state index in [1.165, 1.54) is 13.2 Å². The number of methoxy groups -OCH3 is 1. The van der Waals surface area contributed by atoms with Crippen LogP contribution in [0.5, 0.6) is 5.75 Å². The summed E-state index contributed by atoms with van der Waals surface area (Å²) in [5.74, 6) is -2.98. The fourth-order valence-corrected chi connectivity index (χ4v) is 1.90. The summed E-state index contributed by atoms with van der Waals surface area (Å²) in [6.07, 6.45) is 2.64. The molecular weight excluding hydrogens is 318 g/mol. The van der Waals surface area contributed by atoms with Gasteiger partial charge in [-0.3, -0.25) is 4.79 Å². The van der Waals surface area contributed by atoms with Gasteiger partial charge in [-0.2, -0.15) is 0 Å². The molecule has 0 unspecified atom stereocenters. The van der Waals surface area contributed by atoms with E-state index in [9.17, 15) is 18.4 Å². The van der Waals surface area contributed by atoms with Crippen LogP contribution in [-0.4, -0.2) is 25.5 Å². The Morgan fingerprint density at radius 3 is 2.54 bits per heavy atom. The van der Waals surface area contributed by atoms with Crippen molar-refractivity contribution in [3.05, 3.63) is 71.3 Å². The zero-order valence-electron chi connectivity index (χ0n) is 12.8. The van der Waals surface area contributed by atoms with Gasteiger partial charge < -0.3 is 9.47 Å². The molecule has 24 heavy (non-hydrogen) atoms. The van der Waals surface area contributed by atoms with Crippen LogP contribution in [0.1, 0.15) is 15.9 Å². The van der Waals surface area contributed by atoms with Crippen LogP contribution in [0.4, 0.5) is 8.78 Å². The number of carbonyl (C=O) groups excluding carboxylic acids is 2. The molecule has 0 N–H and O–H groups in total. The Balaban J connectivity index is 1.94. The first-order valence-electron chi connectivity index (χ1n) is 6.97. The molecule has 0 saturated carbocycles. The van der Waals surface area contributed by atoms with Crippen molar-refractivity contribution >= 4 is 17.8 Å². The third kappa shape index (κ3) is 4.49. The SMILES string of the molecule is COc1ccccc1/C=C/C(=O)OCC(=O)c1ccc(F)c(F)c1. The maximum absolute atomic E-state index is 13.1. The predicted octanol–water partition coefficient (Wildman–Crippen LogP) is 3.41. The van der Waals surface area contributed by atoms with Crippen molar-refractivity contribution in [2.24, 2.45) is 0 Å². The minimum Gasteiger partial charge on any atom is -0.496 e. The molecule has 0 spiro atoms. The van der Waals surface area contributed by atoms with Crippen LogP contribution in [-0.2, 0) is 9.53 Å². The van der Waals surface area contributed by atoms with Crippen molar-refractivity contribution < 1.29 is 27.8 Å². The Hall–Kier alpha value is -3.02. The minimum absolute atomic E-state index is 0.0737. The molecule has 0 radical (unpaired) electrons. The molecule has 0 aliphatic heterocycles. The summed E-state index contributed by atoms with van der Waals surface area (Å²) in [5, 5.41) is 0. The van der Waals surface area contributed by atoms with E-state index in [2.05, 4.69) is 0 Å². The zero-order chi connectivity index (χ0) is 17.5. The van der Waals surface area contributed by atoms with Gasteiger partial charge in [0.2, 0.25) is 0 Å². The standard InChI is InChI=1S/C18H14F2O4/c1-23-17-5-3-2-4-12(17)7-9-18(22)24-11-16(21)13-6-8-14(19)15(20)10-13/h2-10H,11H2,1H3/b9-7+. The predicted molar refractivity (Wildman–Crippen MR) is 83.7 cm³/mol. The molecule has 2 aromatic rings. The van der Waals surface area contributed by atoms with Gasteiger partial charge in [0, 0.05) is 17.2 Å². The number of rotatable bonds is 6. The number of halogens is 2. The summed E-state index contributed by atoms with van der Waals surface area (Å²) >= 11 is 0. The fraction of sp³-hybridized carbons (Fsp3) is 0.111. The highest BCUT2D eigenvalue weighted by molar-refractivity contribution is 5.98. The van der Waals surface area contributed by atoms with E-state index in [4.69, 9.17) is 9.47 Å². The molecule has 0 aliphatic carbocycles. The highest BCUT2D eigenvalue weighted by Crippen LogP contribution is 2.18. The van der Waals surface area contributed by atoms with E-state index in [0.717, 1.165) is 24.3 Å². The van der Waals surface area contributed by atoms with Crippen LogP contribution in [0.15, 0.2) is 48.5 Å². The Bertz CT molecular complexity index is 784. The van der Waals surface area contributed by atoms with Crippen LogP contribution >= 0.6 is 0 Å². The summed E-state index contributed by atoms with van der Waals surface area (Å²) in [4.78, 5) is 23.4. The molecule has 4 nitrogen and oxygen atoms in total. The molecule has 6 heteroatoms. The second-order valence-electron chi connectivity index (χ2n) is 4.74. The Labute approximate surface area is 137 Å². The van der Waals surface area contributed by atoms with Crippen LogP contribution in [0.2, 0.25) is 0 Å². The molecule has 0 atom stereocenters. The van der Waals surface area contributed by atoms with E-state index in [-0.39, 0.29) is 5.56 Å². The zero-order valence-corrected chi connectivity index (χ0v) is 12.8. The van der Waals surface area contributed by atoms with Gasteiger partial charge in [-0.25, -0.2) is 13.6 Å². The number of para-hydroxylation sites is 1. The molecule has 0 bridgehead atoms. The van der Waals surface area contributed by atoms with Gasteiger partial charge >= 0.3 is 5.97 Å². The van der Waals surface area contributed by atoms with Crippen molar-refractivity contribution in [2.45, 2.75) is 0 Å². The molecule has 2 aromatic carbocycles. The summed E-state index contributed by atoms with van der Waals surface area (Å²) in [6.45, 7) is -0.569. The maximum Gasteiger partial charge on any atom is 0.331 e. The molecule has 0 fully saturated rings. The average Bonchev–Trinajstić information content (AvgIpc) is 2.60. The molecule has 0 amide bonds. The van der Waals surface area contributed by atoms with Crippen molar-refractivity contribution in [2.75, 3.05) is 13.7 Å². The lowest BCUT2D eigenvalue weighted by Gasteiger charge is -2.04. The number of ether oxygens (including phenoxy) is 2. The molecule has 0 heterocycles. The quantitative estimate of drug-likeness (QED) is 0.462. The highest BCUT2D eigenvalue weighted by Gasteiger charge is 2.11. The summed E-state index contributed by atoms with van der Waals surface area (Å²) in [7, 11) is 1.51. The average molecular weight is 332 g/mol. The number of benzene rings is 2. The highest BCUT2D eigenvalue weighted by atomic mass is 19.2. The van der Waals surface area contributed by atoms with E-state index < -0.39 is 30.0 Å². The Kier molecular flexibility index (Phi) is 5.78. The van der Waals surface area contributed by atoms with E-state index >= 15 is 0 Å². The monoisotopic (exact) mass is 332 g/mol. The lowest BCUT2D eigenvalue weighted by Crippen LogP contribution is -2.13.